The summed E-state index contributed by atoms with van der Waals surface area (Å²) in [6.07, 6.45) is 2.68. The number of aromatic nitrogens is 1. The van der Waals surface area contributed by atoms with Crippen LogP contribution in [-0.2, 0) is 12.8 Å². The first-order chi connectivity index (χ1) is 18.2. The minimum atomic E-state index is -0.500. The highest BCUT2D eigenvalue weighted by Crippen LogP contribution is 2.44. The van der Waals surface area contributed by atoms with Gasteiger partial charge in [-0.25, -0.2) is 4.98 Å². The minimum absolute atomic E-state index is 0.170. The van der Waals surface area contributed by atoms with Gasteiger partial charge in [0.25, 0.3) is 11.8 Å². The maximum Gasteiger partial charge on any atom is 0.257 e. The first-order valence-corrected chi connectivity index (χ1v) is 13.9. The molecular weight excluding hydrogens is 494 g/mol. The van der Waals surface area contributed by atoms with Crippen LogP contribution in [0.3, 0.4) is 0 Å². The lowest BCUT2D eigenvalue weighted by atomic mass is 9.72. The van der Waals surface area contributed by atoms with E-state index in [0.29, 0.717) is 39.9 Å². The average Bonchev–Trinajstić information content (AvgIpc) is 3.25. The van der Waals surface area contributed by atoms with Gasteiger partial charge in [-0.3, -0.25) is 9.59 Å². The molecule has 7 heteroatoms. The van der Waals surface area contributed by atoms with E-state index in [4.69, 9.17) is 15.5 Å². The van der Waals surface area contributed by atoms with E-state index >= 15 is 0 Å². The molecule has 2 heterocycles. The van der Waals surface area contributed by atoms with E-state index < -0.39 is 5.91 Å². The number of thiophene rings is 1. The summed E-state index contributed by atoms with van der Waals surface area (Å²) in [7, 11) is 0. The number of nitrogens with two attached hydrogens (primary N) is 1. The van der Waals surface area contributed by atoms with Gasteiger partial charge in [-0.05, 0) is 67.3 Å². The lowest BCUT2D eigenvalue weighted by Crippen LogP contribution is -2.27. The number of benzene rings is 2. The zero-order valence-electron chi connectivity index (χ0n) is 22.3. The van der Waals surface area contributed by atoms with Crippen LogP contribution in [0.1, 0.15) is 65.3 Å². The Bertz CT molecular complexity index is 1530. The van der Waals surface area contributed by atoms with E-state index in [2.05, 4.69) is 26.1 Å². The number of para-hydroxylation sites is 1. The van der Waals surface area contributed by atoms with Crippen LogP contribution in [0.25, 0.3) is 22.2 Å². The summed E-state index contributed by atoms with van der Waals surface area (Å²) in [5.41, 5.74) is 10.2. The lowest BCUT2D eigenvalue weighted by Gasteiger charge is -2.33. The Labute approximate surface area is 227 Å². The number of rotatable bonds is 6. The van der Waals surface area contributed by atoms with Crippen molar-refractivity contribution in [2.75, 3.05) is 11.9 Å². The standard InChI is InChI=1S/C31H33N3O3S/c1-5-37-20-10-8-9-18(15-20)25-17-23(21-11-6-7-12-24(21)33-25)29(36)34-30-27(28(32)35)22-14-13-19(31(2,3)4)16-26(22)38-30/h6-12,15,17,19H,5,13-14,16H2,1-4H3,(H2,32,35)(H,34,36)/t19-/m0/s1. The van der Waals surface area contributed by atoms with Gasteiger partial charge in [0.15, 0.2) is 0 Å². The first-order valence-electron chi connectivity index (χ1n) is 13.0. The van der Waals surface area contributed by atoms with Crippen molar-refractivity contribution in [3.8, 4) is 17.0 Å². The van der Waals surface area contributed by atoms with Crippen LogP contribution < -0.4 is 15.8 Å². The summed E-state index contributed by atoms with van der Waals surface area (Å²) in [4.78, 5) is 32.3. The topological polar surface area (TPSA) is 94.3 Å². The number of carbonyl (C=O) groups is 2. The molecule has 0 fully saturated rings. The molecule has 6 nitrogen and oxygen atoms in total. The van der Waals surface area contributed by atoms with E-state index in [-0.39, 0.29) is 11.3 Å². The molecule has 2 aromatic heterocycles. The number of carbonyl (C=O) groups excluding carboxylic acids is 2. The molecule has 38 heavy (non-hydrogen) atoms. The molecule has 2 aromatic carbocycles. The molecule has 0 spiro atoms. The molecular formula is C31H33N3O3S. The van der Waals surface area contributed by atoms with Crippen molar-refractivity contribution in [2.24, 2.45) is 17.1 Å². The smallest absolute Gasteiger partial charge is 0.257 e. The predicted octanol–water partition coefficient (Wildman–Crippen LogP) is 6.86. The van der Waals surface area contributed by atoms with Crippen LogP contribution in [0, 0.1) is 11.3 Å². The number of primary amides is 1. The summed E-state index contributed by atoms with van der Waals surface area (Å²) in [5.74, 6) is 0.464. The highest BCUT2D eigenvalue weighted by molar-refractivity contribution is 7.17. The minimum Gasteiger partial charge on any atom is -0.494 e. The summed E-state index contributed by atoms with van der Waals surface area (Å²) < 4.78 is 5.67. The van der Waals surface area contributed by atoms with Gasteiger partial charge in [-0.2, -0.15) is 0 Å². The van der Waals surface area contributed by atoms with Crippen LogP contribution in [0.4, 0.5) is 5.00 Å². The molecule has 2 amide bonds. The summed E-state index contributed by atoms with van der Waals surface area (Å²) in [6, 6.07) is 17.1. The average molecular weight is 528 g/mol. The van der Waals surface area contributed by atoms with Crippen LogP contribution in [0.15, 0.2) is 54.6 Å². The molecule has 5 rings (SSSR count). The van der Waals surface area contributed by atoms with Crippen molar-refractivity contribution < 1.29 is 14.3 Å². The highest BCUT2D eigenvalue weighted by atomic mass is 32.1. The fraction of sp³-hybridized carbons (Fsp3) is 0.323. The number of hydrogen-bond acceptors (Lipinski definition) is 5. The maximum atomic E-state index is 13.8. The largest absolute Gasteiger partial charge is 0.494 e. The van der Waals surface area contributed by atoms with Gasteiger partial charge in [0.05, 0.1) is 28.9 Å². The van der Waals surface area contributed by atoms with E-state index in [1.165, 1.54) is 11.3 Å². The van der Waals surface area contributed by atoms with Gasteiger partial charge >= 0.3 is 0 Å². The number of pyridine rings is 1. The lowest BCUT2D eigenvalue weighted by molar-refractivity contribution is 0.1000. The molecule has 0 aliphatic heterocycles. The molecule has 1 atom stereocenters. The van der Waals surface area contributed by atoms with Gasteiger partial charge in [-0.15, -0.1) is 11.3 Å². The van der Waals surface area contributed by atoms with Crippen LogP contribution in [0.2, 0.25) is 0 Å². The number of fused-ring (bicyclic) bond motifs is 2. The molecule has 1 aliphatic carbocycles. The summed E-state index contributed by atoms with van der Waals surface area (Å²) in [5, 5.41) is 4.32. The normalized spacial score (nSPS) is 15.2. The van der Waals surface area contributed by atoms with Gasteiger partial charge in [0, 0.05) is 15.8 Å². The maximum absolute atomic E-state index is 13.8. The third-order valence-corrected chi connectivity index (χ3v) is 8.53. The molecule has 196 valence electrons. The second kappa shape index (κ2) is 10.2. The molecule has 0 unspecified atom stereocenters. The zero-order chi connectivity index (χ0) is 27.0. The third kappa shape index (κ3) is 5.03. The van der Waals surface area contributed by atoms with Crippen LogP contribution in [-0.4, -0.2) is 23.4 Å². The monoisotopic (exact) mass is 527 g/mol. The van der Waals surface area contributed by atoms with Crippen molar-refractivity contribution >= 4 is 39.1 Å². The van der Waals surface area contributed by atoms with Crippen LogP contribution in [0.5, 0.6) is 5.75 Å². The Morgan fingerprint density at radius 3 is 2.66 bits per heavy atom. The van der Waals surface area contributed by atoms with E-state index in [9.17, 15) is 9.59 Å². The summed E-state index contributed by atoms with van der Waals surface area (Å²) in [6.45, 7) is 9.26. The van der Waals surface area contributed by atoms with Crippen molar-refractivity contribution in [2.45, 2.75) is 47.0 Å². The molecule has 0 saturated heterocycles. The quantitative estimate of drug-likeness (QED) is 0.286. The summed E-state index contributed by atoms with van der Waals surface area (Å²) >= 11 is 1.48. The van der Waals surface area contributed by atoms with Gasteiger partial charge in [-0.1, -0.05) is 51.1 Å². The molecule has 4 aromatic rings. The molecule has 3 N–H and O–H groups in total. The van der Waals surface area contributed by atoms with Crippen LogP contribution >= 0.6 is 11.3 Å². The molecule has 1 aliphatic rings. The van der Waals surface area contributed by atoms with Gasteiger partial charge < -0.3 is 15.8 Å². The van der Waals surface area contributed by atoms with Gasteiger partial charge in [0.1, 0.15) is 10.8 Å². The van der Waals surface area contributed by atoms with E-state index in [0.717, 1.165) is 46.4 Å². The number of nitrogens with one attached hydrogen (secondary N) is 1. The fourth-order valence-corrected chi connectivity index (χ4v) is 6.60. The van der Waals surface area contributed by atoms with Crippen molar-refractivity contribution in [1.82, 2.24) is 4.98 Å². The molecule has 0 bridgehead atoms. The Hall–Kier alpha value is -3.71. The Morgan fingerprint density at radius 1 is 1.13 bits per heavy atom. The Kier molecular flexibility index (Phi) is 6.97. The van der Waals surface area contributed by atoms with E-state index in [1.807, 2.05) is 55.5 Å². The SMILES string of the molecule is CCOc1cccc(-c2cc(C(=O)Nc3sc4c(c3C(N)=O)CC[C@H](C(C)(C)C)C4)c3ccccc3n2)c1. The Morgan fingerprint density at radius 2 is 1.92 bits per heavy atom. The second-order valence-corrected chi connectivity index (χ2v) is 12.0. The number of anilines is 1. The second-order valence-electron chi connectivity index (χ2n) is 10.9. The molecule has 0 saturated carbocycles. The van der Waals surface area contributed by atoms with Crippen molar-refractivity contribution in [1.29, 1.82) is 0 Å². The van der Waals surface area contributed by atoms with E-state index in [1.54, 1.807) is 6.07 Å². The number of ether oxygens (including phenoxy) is 1. The number of hydrogen-bond donors (Lipinski definition) is 2. The third-order valence-electron chi connectivity index (χ3n) is 7.37. The van der Waals surface area contributed by atoms with Gasteiger partial charge in [0.2, 0.25) is 0 Å². The first kappa shape index (κ1) is 25.9. The van der Waals surface area contributed by atoms with Crippen molar-refractivity contribution in [3.05, 3.63) is 76.2 Å². The number of amides is 2. The highest BCUT2D eigenvalue weighted by Gasteiger charge is 2.33. The molecule has 0 radical (unpaired) electrons. The predicted molar refractivity (Wildman–Crippen MR) is 154 cm³/mol. The number of nitrogens with zero attached hydrogens (tertiary/aromatic N) is 1. The van der Waals surface area contributed by atoms with Crippen molar-refractivity contribution in [3.63, 3.8) is 0 Å². The Balaban J connectivity index is 1.54. The zero-order valence-corrected chi connectivity index (χ0v) is 23.1. The fourth-order valence-electron chi connectivity index (χ4n) is 5.27.